The summed E-state index contributed by atoms with van der Waals surface area (Å²) >= 11 is 0. The Bertz CT molecular complexity index is 340. The van der Waals surface area contributed by atoms with Gasteiger partial charge in [-0.2, -0.15) is 0 Å². The van der Waals surface area contributed by atoms with Crippen molar-refractivity contribution in [1.82, 2.24) is 10.6 Å². The van der Waals surface area contributed by atoms with Gasteiger partial charge in [-0.3, -0.25) is 9.59 Å². The minimum atomic E-state index is -0.320. The fraction of sp³-hybridized carbons (Fsp3) is 0.200. The topological polar surface area (TPSA) is 58.2 Å². The van der Waals surface area contributed by atoms with E-state index in [2.05, 4.69) is 17.2 Å². The molecule has 0 aliphatic carbocycles. The highest BCUT2D eigenvalue weighted by atomic mass is 16.2. The molecule has 1 rings (SSSR count). The second kappa shape index (κ2) is 4.41. The average molecular weight is 192 g/mol. The molecule has 1 aliphatic rings. The summed E-state index contributed by atoms with van der Waals surface area (Å²) in [4.78, 5) is 22.4. The highest BCUT2D eigenvalue weighted by Crippen LogP contribution is 2.06. The molecular weight excluding hydrogens is 180 g/mol. The lowest BCUT2D eigenvalue weighted by Crippen LogP contribution is -2.30. The van der Waals surface area contributed by atoms with Crippen molar-refractivity contribution in [3.05, 3.63) is 36.1 Å². The Morgan fingerprint density at radius 1 is 1.43 bits per heavy atom. The molecule has 0 aromatic heterocycles. The predicted octanol–water partition coefficient (Wildman–Crippen LogP) is 0.249. The molecule has 0 aromatic carbocycles. The van der Waals surface area contributed by atoms with Crippen LogP contribution in [-0.2, 0) is 9.59 Å². The summed E-state index contributed by atoms with van der Waals surface area (Å²) in [6, 6.07) is 0. The molecule has 14 heavy (non-hydrogen) atoms. The third-order valence-electron chi connectivity index (χ3n) is 1.74. The second-order valence-electron chi connectivity index (χ2n) is 2.82. The van der Waals surface area contributed by atoms with Crippen LogP contribution in [0, 0.1) is 0 Å². The van der Waals surface area contributed by atoms with Crippen molar-refractivity contribution in [2.24, 2.45) is 0 Å². The van der Waals surface area contributed by atoms with Gasteiger partial charge in [0.2, 0.25) is 5.91 Å². The second-order valence-corrected chi connectivity index (χ2v) is 2.82. The fourth-order valence-electron chi connectivity index (χ4n) is 0.994. The SMILES string of the molecule is C=C1C(=O)NCC(=O)N/C1=C/C=C\C. The number of carbonyl (C=O) groups excluding carboxylic acids is 2. The first kappa shape index (κ1) is 10.2. The van der Waals surface area contributed by atoms with Crippen molar-refractivity contribution in [3.63, 3.8) is 0 Å². The fourth-order valence-corrected chi connectivity index (χ4v) is 0.994. The van der Waals surface area contributed by atoms with Crippen molar-refractivity contribution in [2.45, 2.75) is 6.92 Å². The monoisotopic (exact) mass is 192 g/mol. The van der Waals surface area contributed by atoms with Crippen LogP contribution >= 0.6 is 0 Å². The molecule has 1 heterocycles. The smallest absolute Gasteiger partial charge is 0.253 e. The van der Waals surface area contributed by atoms with Crippen LogP contribution in [0.3, 0.4) is 0 Å². The highest BCUT2D eigenvalue weighted by molar-refractivity contribution is 6.02. The molecule has 0 saturated carbocycles. The third kappa shape index (κ3) is 2.32. The number of nitrogens with one attached hydrogen (secondary N) is 2. The lowest BCUT2D eigenvalue weighted by Gasteiger charge is -2.03. The number of amides is 2. The number of hydrogen-bond acceptors (Lipinski definition) is 2. The van der Waals surface area contributed by atoms with Gasteiger partial charge in [0.15, 0.2) is 0 Å². The summed E-state index contributed by atoms with van der Waals surface area (Å²) < 4.78 is 0. The molecule has 0 atom stereocenters. The zero-order valence-electron chi connectivity index (χ0n) is 7.96. The van der Waals surface area contributed by atoms with Gasteiger partial charge in [-0.25, -0.2) is 0 Å². The largest absolute Gasteiger partial charge is 0.343 e. The van der Waals surface area contributed by atoms with E-state index in [1.807, 2.05) is 6.92 Å². The van der Waals surface area contributed by atoms with Gasteiger partial charge < -0.3 is 10.6 Å². The summed E-state index contributed by atoms with van der Waals surface area (Å²) in [5.41, 5.74) is 0.719. The zero-order chi connectivity index (χ0) is 10.6. The van der Waals surface area contributed by atoms with E-state index in [-0.39, 0.29) is 23.9 Å². The van der Waals surface area contributed by atoms with Gasteiger partial charge >= 0.3 is 0 Å². The quantitative estimate of drug-likeness (QED) is 0.585. The number of allylic oxidation sites excluding steroid dienone is 3. The van der Waals surface area contributed by atoms with E-state index >= 15 is 0 Å². The van der Waals surface area contributed by atoms with Gasteiger partial charge in [0.25, 0.3) is 5.91 Å². The molecule has 0 bridgehead atoms. The molecule has 74 valence electrons. The van der Waals surface area contributed by atoms with Crippen LogP contribution in [0.2, 0.25) is 0 Å². The maximum Gasteiger partial charge on any atom is 0.253 e. The first-order chi connectivity index (χ1) is 6.65. The number of hydrogen-bond donors (Lipinski definition) is 2. The van der Waals surface area contributed by atoms with Crippen molar-refractivity contribution in [1.29, 1.82) is 0 Å². The van der Waals surface area contributed by atoms with E-state index in [1.165, 1.54) is 0 Å². The maximum atomic E-state index is 11.3. The molecule has 0 aromatic rings. The molecular formula is C10H12N2O2. The molecule has 0 radical (unpaired) electrons. The van der Waals surface area contributed by atoms with E-state index in [9.17, 15) is 9.59 Å². The normalized spacial score (nSPS) is 20.9. The van der Waals surface area contributed by atoms with E-state index in [0.717, 1.165) is 0 Å². The van der Waals surface area contributed by atoms with E-state index < -0.39 is 0 Å². The molecule has 0 spiro atoms. The molecule has 1 saturated heterocycles. The van der Waals surface area contributed by atoms with Crippen molar-refractivity contribution >= 4 is 11.8 Å². The van der Waals surface area contributed by atoms with Gasteiger partial charge in [-0.05, 0) is 13.0 Å². The zero-order valence-corrected chi connectivity index (χ0v) is 7.96. The van der Waals surface area contributed by atoms with Crippen LogP contribution in [0.5, 0.6) is 0 Å². The summed E-state index contributed by atoms with van der Waals surface area (Å²) in [5, 5.41) is 5.02. The minimum Gasteiger partial charge on any atom is -0.343 e. The van der Waals surface area contributed by atoms with Gasteiger partial charge in [0.05, 0.1) is 17.8 Å². The van der Waals surface area contributed by atoms with Crippen LogP contribution in [0.15, 0.2) is 36.1 Å². The van der Waals surface area contributed by atoms with Crippen LogP contribution in [0.25, 0.3) is 0 Å². The van der Waals surface area contributed by atoms with Gasteiger partial charge in [-0.15, -0.1) is 0 Å². The summed E-state index contributed by atoms with van der Waals surface area (Å²) in [6.45, 7) is 5.43. The molecule has 2 N–H and O–H groups in total. The Labute approximate surface area is 82.4 Å². The Morgan fingerprint density at radius 2 is 2.14 bits per heavy atom. The van der Waals surface area contributed by atoms with Crippen molar-refractivity contribution < 1.29 is 9.59 Å². The maximum absolute atomic E-state index is 11.3. The standard InChI is InChI=1S/C10H12N2O2/c1-3-4-5-8-7(2)10(14)11-6-9(13)12-8/h3-5H,2,6H2,1H3,(H,11,14)(H,12,13)/b4-3-,8-5+. The first-order valence-corrected chi connectivity index (χ1v) is 4.25. The number of carbonyl (C=O) groups is 2. The van der Waals surface area contributed by atoms with Crippen molar-refractivity contribution in [2.75, 3.05) is 6.54 Å². The molecule has 2 amide bonds. The van der Waals surface area contributed by atoms with E-state index in [4.69, 9.17) is 0 Å². The third-order valence-corrected chi connectivity index (χ3v) is 1.74. The van der Waals surface area contributed by atoms with Crippen LogP contribution in [-0.4, -0.2) is 18.4 Å². The lowest BCUT2D eigenvalue weighted by molar-refractivity contribution is -0.122. The molecule has 0 unspecified atom stereocenters. The van der Waals surface area contributed by atoms with Crippen LogP contribution < -0.4 is 10.6 Å². The van der Waals surface area contributed by atoms with Crippen molar-refractivity contribution in [3.8, 4) is 0 Å². The van der Waals surface area contributed by atoms with E-state index in [1.54, 1.807) is 18.2 Å². The highest BCUT2D eigenvalue weighted by Gasteiger charge is 2.18. The van der Waals surface area contributed by atoms with Gasteiger partial charge in [0, 0.05) is 0 Å². The Kier molecular flexibility index (Phi) is 3.23. The van der Waals surface area contributed by atoms with Gasteiger partial charge in [0.1, 0.15) is 0 Å². The molecule has 4 heteroatoms. The summed E-state index contributed by atoms with van der Waals surface area (Å²) in [7, 11) is 0. The Balaban J connectivity index is 2.95. The molecule has 1 aliphatic heterocycles. The molecule has 4 nitrogen and oxygen atoms in total. The number of rotatable bonds is 1. The van der Waals surface area contributed by atoms with E-state index in [0.29, 0.717) is 5.70 Å². The average Bonchev–Trinajstić information content (AvgIpc) is 2.29. The van der Waals surface area contributed by atoms with Gasteiger partial charge in [-0.1, -0.05) is 18.7 Å². The summed E-state index contributed by atoms with van der Waals surface area (Å²) in [5.74, 6) is -0.563. The first-order valence-electron chi connectivity index (χ1n) is 4.25. The molecule has 1 fully saturated rings. The minimum absolute atomic E-state index is 0.00890. The lowest BCUT2D eigenvalue weighted by atomic mass is 10.2. The summed E-state index contributed by atoms with van der Waals surface area (Å²) in [6.07, 6.45) is 5.18. The van der Waals surface area contributed by atoms with Crippen LogP contribution in [0.1, 0.15) is 6.92 Å². The predicted molar refractivity (Wildman–Crippen MR) is 53.2 cm³/mol. The Morgan fingerprint density at radius 3 is 2.79 bits per heavy atom. The Hall–Kier alpha value is -1.84. The van der Waals surface area contributed by atoms with Crippen LogP contribution in [0.4, 0.5) is 0 Å².